The summed E-state index contributed by atoms with van der Waals surface area (Å²) in [6.07, 6.45) is 0.0614. The fourth-order valence-electron chi connectivity index (χ4n) is 1.79. The number of nitrogens with zero attached hydrogens (tertiary/aromatic N) is 1. The van der Waals surface area contributed by atoms with Gasteiger partial charge in [-0.2, -0.15) is 0 Å². The highest BCUT2D eigenvalue weighted by molar-refractivity contribution is 5.70. The fraction of sp³-hybridized carbons (Fsp3) is 0.286. The normalized spacial score (nSPS) is 10.6. The van der Waals surface area contributed by atoms with Gasteiger partial charge in [0.15, 0.2) is 0 Å². The summed E-state index contributed by atoms with van der Waals surface area (Å²) in [7, 11) is 0. The molecule has 0 saturated carbocycles. The number of carbonyl (C=O) groups is 1. The second-order valence-electron chi connectivity index (χ2n) is 4.42. The predicted molar refractivity (Wildman–Crippen MR) is 69.6 cm³/mol. The third-order valence-corrected chi connectivity index (χ3v) is 2.69. The van der Waals surface area contributed by atoms with Crippen LogP contribution in [0.25, 0.3) is 0 Å². The summed E-state index contributed by atoms with van der Waals surface area (Å²) in [5.74, 6) is -0.0119. The minimum atomic E-state index is -0.813. The molecule has 2 aromatic rings. The van der Waals surface area contributed by atoms with Crippen molar-refractivity contribution in [1.29, 1.82) is 0 Å². The first-order valence-corrected chi connectivity index (χ1v) is 6.06. The maximum absolute atomic E-state index is 10.6. The Hall–Kier alpha value is -2.14. The molecule has 0 fully saturated rings. The second kappa shape index (κ2) is 6.15. The van der Waals surface area contributed by atoms with Crippen LogP contribution < -0.4 is 5.32 Å². The van der Waals surface area contributed by atoms with Crippen LogP contribution in [0.5, 0.6) is 0 Å². The van der Waals surface area contributed by atoms with Gasteiger partial charge in [0.05, 0.1) is 12.1 Å². The molecule has 0 aliphatic rings. The van der Waals surface area contributed by atoms with E-state index in [4.69, 9.17) is 9.63 Å². The predicted octanol–water partition coefficient (Wildman–Crippen LogP) is 1.90. The maximum atomic E-state index is 10.6. The molecular weight excluding hydrogens is 244 g/mol. The Balaban J connectivity index is 1.81. The van der Waals surface area contributed by atoms with E-state index in [0.717, 1.165) is 22.6 Å². The zero-order valence-electron chi connectivity index (χ0n) is 10.7. The average Bonchev–Trinajstić information content (AvgIpc) is 2.77. The zero-order chi connectivity index (χ0) is 13.7. The van der Waals surface area contributed by atoms with Gasteiger partial charge in [0.2, 0.25) is 0 Å². The molecule has 0 aliphatic heterocycles. The number of benzene rings is 1. The van der Waals surface area contributed by atoms with Crippen LogP contribution >= 0.6 is 0 Å². The Kier molecular flexibility index (Phi) is 4.30. The number of nitrogens with one attached hydrogen (secondary N) is 1. The number of hydrogen-bond acceptors (Lipinski definition) is 4. The molecule has 5 nitrogen and oxygen atoms in total. The van der Waals surface area contributed by atoms with Crippen LogP contribution in [0.2, 0.25) is 0 Å². The lowest BCUT2D eigenvalue weighted by atomic mass is 10.1. The van der Waals surface area contributed by atoms with Crippen molar-refractivity contribution in [1.82, 2.24) is 10.5 Å². The van der Waals surface area contributed by atoms with Crippen molar-refractivity contribution in [3.63, 3.8) is 0 Å². The van der Waals surface area contributed by atoms with Crippen molar-refractivity contribution in [2.24, 2.45) is 0 Å². The molecule has 1 heterocycles. The van der Waals surface area contributed by atoms with Gasteiger partial charge in [-0.15, -0.1) is 0 Å². The van der Waals surface area contributed by atoms with Crippen LogP contribution in [0.15, 0.2) is 34.9 Å². The molecule has 2 N–H and O–H groups in total. The van der Waals surface area contributed by atoms with Crippen LogP contribution in [-0.2, 0) is 24.3 Å². The molecule has 0 spiro atoms. The summed E-state index contributed by atoms with van der Waals surface area (Å²) in [4.78, 5) is 10.6. The highest BCUT2D eigenvalue weighted by atomic mass is 16.5. The van der Waals surface area contributed by atoms with E-state index in [1.54, 1.807) is 0 Å². The summed E-state index contributed by atoms with van der Waals surface area (Å²) in [6, 6.07) is 9.43. The largest absolute Gasteiger partial charge is 0.481 e. The smallest absolute Gasteiger partial charge is 0.307 e. The van der Waals surface area contributed by atoms with E-state index in [1.807, 2.05) is 37.3 Å². The van der Waals surface area contributed by atoms with Crippen molar-refractivity contribution >= 4 is 5.97 Å². The Labute approximate surface area is 111 Å². The minimum absolute atomic E-state index is 0.0614. The Morgan fingerprint density at radius 1 is 1.26 bits per heavy atom. The van der Waals surface area contributed by atoms with Crippen LogP contribution in [0.1, 0.15) is 22.6 Å². The Morgan fingerprint density at radius 3 is 2.53 bits per heavy atom. The molecule has 0 aliphatic carbocycles. The summed E-state index contributed by atoms with van der Waals surface area (Å²) >= 11 is 0. The van der Waals surface area contributed by atoms with E-state index in [9.17, 15) is 4.79 Å². The lowest BCUT2D eigenvalue weighted by Gasteiger charge is -2.04. The molecule has 19 heavy (non-hydrogen) atoms. The van der Waals surface area contributed by atoms with E-state index >= 15 is 0 Å². The second-order valence-corrected chi connectivity index (χ2v) is 4.42. The van der Waals surface area contributed by atoms with Crippen molar-refractivity contribution in [2.45, 2.75) is 26.4 Å². The molecular formula is C14H16N2O3. The van der Waals surface area contributed by atoms with Gasteiger partial charge in [0, 0.05) is 19.2 Å². The molecule has 1 aromatic carbocycles. The first-order valence-electron chi connectivity index (χ1n) is 6.06. The van der Waals surface area contributed by atoms with Crippen molar-refractivity contribution < 1.29 is 14.4 Å². The lowest BCUT2D eigenvalue weighted by molar-refractivity contribution is -0.136. The number of hydrogen-bond donors (Lipinski definition) is 2. The van der Waals surface area contributed by atoms with Gasteiger partial charge in [0.1, 0.15) is 5.76 Å². The van der Waals surface area contributed by atoms with Crippen molar-refractivity contribution in [2.75, 3.05) is 0 Å². The lowest BCUT2D eigenvalue weighted by Crippen LogP contribution is -2.12. The maximum Gasteiger partial charge on any atom is 0.307 e. The number of rotatable bonds is 6. The van der Waals surface area contributed by atoms with Gasteiger partial charge >= 0.3 is 5.97 Å². The van der Waals surface area contributed by atoms with Gasteiger partial charge in [-0.05, 0) is 18.1 Å². The number of aliphatic carboxylic acids is 1. The van der Waals surface area contributed by atoms with E-state index in [2.05, 4.69) is 10.5 Å². The van der Waals surface area contributed by atoms with Crippen LogP contribution in [0.3, 0.4) is 0 Å². The highest BCUT2D eigenvalue weighted by Crippen LogP contribution is 2.06. The van der Waals surface area contributed by atoms with Crippen LogP contribution in [0.4, 0.5) is 0 Å². The van der Waals surface area contributed by atoms with Gasteiger partial charge in [0.25, 0.3) is 0 Å². The first kappa shape index (κ1) is 13.3. The van der Waals surface area contributed by atoms with Crippen LogP contribution in [-0.4, -0.2) is 16.2 Å². The molecule has 0 bridgehead atoms. The fourth-order valence-corrected chi connectivity index (χ4v) is 1.79. The molecule has 0 saturated heterocycles. The Morgan fingerprint density at radius 2 is 1.95 bits per heavy atom. The van der Waals surface area contributed by atoms with E-state index in [0.29, 0.717) is 13.1 Å². The molecule has 0 amide bonds. The SMILES string of the molecule is Cc1cc(CNCc2ccc(CC(=O)O)cc2)no1. The first-order chi connectivity index (χ1) is 9.13. The van der Waals surface area contributed by atoms with Gasteiger partial charge < -0.3 is 14.9 Å². The topological polar surface area (TPSA) is 75.4 Å². The minimum Gasteiger partial charge on any atom is -0.481 e. The summed E-state index contributed by atoms with van der Waals surface area (Å²) in [5, 5.41) is 15.8. The summed E-state index contributed by atoms with van der Waals surface area (Å²) < 4.78 is 4.97. The van der Waals surface area contributed by atoms with E-state index < -0.39 is 5.97 Å². The number of carboxylic acid groups (broad SMARTS) is 1. The van der Waals surface area contributed by atoms with Gasteiger partial charge in [-0.3, -0.25) is 4.79 Å². The highest BCUT2D eigenvalue weighted by Gasteiger charge is 2.01. The molecule has 0 unspecified atom stereocenters. The summed E-state index contributed by atoms with van der Waals surface area (Å²) in [6.45, 7) is 3.21. The molecule has 5 heteroatoms. The standard InChI is InChI=1S/C14H16N2O3/c1-10-6-13(16-19-10)9-15-8-12-4-2-11(3-5-12)7-14(17)18/h2-6,15H,7-9H2,1H3,(H,17,18). The summed E-state index contributed by atoms with van der Waals surface area (Å²) in [5.41, 5.74) is 2.79. The molecule has 0 atom stereocenters. The van der Waals surface area contributed by atoms with Gasteiger partial charge in [-0.25, -0.2) is 0 Å². The Bertz CT molecular complexity index is 546. The van der Waals surface area contributed by atoms with E-state index in [1.165, 1.54) is 0 Å². The monoisotopic (exact) mass is 260 g/mol. The third kappa shape index (κ3) is 4.22. The van der Waals surface area contributed by atoms with E-state index in [-0.39, 0.29) is 6.42 Å². The molecule has 1 aromatic heterocycles. The average molecular weight is 260 g/mol. The van der Waals surface area contributed by atoms with Crippen LogP contribution in [0, 0.1) is 6.92 Å². The third-order valence-electron chi connectivity index (χ3n) is 2.69. The number of carboxylic acids is 1. The number of aromatic nitrogens is 1. The van der Waals surface area contributed by atoms with Crippen molar-refractivity contribution in [3.8, 4) is 0 Å². The molecule has 0 radical (unpaired) electrons. The van der Waals surface area contributed by atoms with Gasteiger partial charge in [-0.1, -0.05) is 29.4 Å². The number of aryl methyl sites for hydroxylation is 1. The zero-order valence-corrected chi connectivity index (χ0v) is 10.7. The molecule has 2 rings (SSSR count). The quantitative estimate of drug-likeness (QED) is 0.829. The molecule has 100 valence electrons. The van der Waals surface area contributed by atoms with Crippen molar-refractivity contribution in [3.05, 3.63) is 52.9 Å².